The second kappa shape index (κ2) is 14.5. The quantitative estimate of drug-likeness (QED) is 0.226. The molecule has 0 aliphatic rings. The molecule has 2 N–H and O–H groups in total. The summed E-state index contributed by atoms with van der Waals surface area (Å²) in [4.78, 5) is 0. The first-order valence-corrected chi connectivity index (χ1v) is 11.6. The number of allylic oxidation sites excluding steroid dienone is 2. The van der Waals surface area contributed by atoms with E-state index in [0.29, 0.717) is 13.2 Å². The molecular formula is C28H38O3. The number of ether oxygens (including phenoxy) is 1. The van der Waals surface area contributed by atoms with E-state index in [1.807, 2.05) is 30.4 Å². The van der Waals surface area contributed by atoms with Crippen LogP contribution < -0.4 is 4.74 Å². The van der Waals surface area contributed by atoms with Crippen LogP contribution in [0.2, 0.25) is 0 Å². The van der Waals surface area contributed by atoms with Crippen molar-refractivity contribution >= 4 is 0 Å². The summed E-state index contributed by atoms with van der Waals surface area (Å²) in [5, 5.41) is 19.3. The number of phenols is 1. The first kappa shape index (κ1) is 24.7. The molecule has 0 heterocycles. The minimum Gasteiger partial charge on any atom is -0.507 e. The van der Waals surface area contributed by atoms with Gasteiger partial charge < -0.3 is 14.9 Å². The molecule has 0 aliphatic heterocycles. The Morgan fingerprint density at radius 2 is 1.26 bits per heavy atom. The summed E-state index contributed by atoms with van der Waals surface area (Å²) in [5.41, 5.74) is 3.98. The van der Waals surface area contributed by atoms with Crippen molar-refractivity contribution in [3.8, 4) is 22.6 Å². The van der Waals surface area contributed by atoms with Crippen molar-refractivity contribution < 1.29 is 14.9 Å². The van der Waals surface area contributed by atoms with Crippen LogP contribution in [0.15, 0.2) is 61.7 Å². The zero-order chi connectivity index (χ0) is 22.3. The fraction of sp³-hybridized carbons (Fsp3) is 0.429. The standard InChI is InChI=1S/C28H38O3/c1-3-13-23-15-17-27(30)25(21-23)26-22-24(14-4-2)16-18-28(26)31-20-12-10-8-6-5-7-9-11-19-29/h3-4,15-18,21-22,29-30H,1-2,5-14,19-20H2. The van der Waals surface area contributed by atoms with Gasteiger partial charge in [-0.1, -0.05) is 62.8 Å². The van der Waals surface area contributed by atoms with Gasteiger partial charge >= 0.3 is 0 Å². The number of phenolic OH excluding ortho intramolecular Hbond substituents is 1. The fourth-order valence-electron chi connectivity index (χ4n) is 3.76. The summed E-state index contributed by atoms with van der Waals surface area (Å²) in [6.07, 6.45) is 14.5. The van der Waals surface area contributed by atoms with E-state index in [1.54, 1.807) is 6.07 Å². The molecule has 0 saturated carbocycles. The number of rotatable bonds is 16. The van der Waals surface area contributed by atoms with E-state index in [9.17, 15) is 5.11 Å². The third-order valence-electron chi connectivity index (χ3n) is 5.47. The number of aromatic hydroxyl groups is 1. The third-order valence-corrected chi connectivity index (χ3v) is 5.47. The maximum Gasteiger partial charge on any atom is 0.127 e. The first-order valence-electron chi connectivity index (χ1n) is 11.6. The van der Waals surface area contributed by atoms with Gasteiger partial charge in [-0.05, 0) is 61.1 Å². The van der Waals surface area contributed by atoms with Crippen LogP contribution in [-0.4, -0.2) is 23.4 Å². The minimum absolute atomic E-state index is 0.259. The first-order chi connectivity index (χ1) is 15.2. The molecular weight excluding hydrogens is 384 g/mol. The molecule has 0 aromatic heterocycles. The second-order valence-corrected chi connectivity index (χ2v) is 8.07. The van der Waals surface area contributed by atoms with E-state index in [0.717, 1.165) is 66.5 Å². The molecule has 3 nitrogen and oxygen atoms in total. The second-order valence-electron chi connectivity index (χ2n) is 8.07. The Labute approximate surface area is 188 Å². The molecule has 0 bridgehead atoms. The summed E-state index contributed by atoms with van der Waals surface area (Å²) in [6.45, 7) is 8.64. The van der Waals surface area contributed by atoms with Gasteiger partial charge in [0, 0.05) is 17.7 Å². The van der Waals surface area contributed by atoms with Crippen molar-refractivity contribution in [3.05, 3.63) is 72.8 Å². The molecule has 0 atom stereocenters. The van der Waals surface area contributed by atoms with Crippen LogP contribution in [0, 0.1) is 0 Å². The molecule has 0 unspecified atom stereocenters. The van der Waals surface area contributed by atoms with Crippen molar-refractivity contribution in [3.63, 3.8) is 0 Å². The lowest BCUT2D eigenvalue weighted by Crippen LogP contribution is -2.00. The predicted molar refractivity (Wildman–Crippen MR) is 131 cm³/mol. The zero-order valence-electron chi connectivity index (χ0n) is 18.8. The van der Waals surface area contributed by atoms with E-state index in [-0.39, 0.29) is 5.75 Å². The molecule has 2 aromatic rings. The molecule has 0 amide bonds. The highest BCUT2D eigenvalue weighted by Gasteiger charge is 2.13. The average molecular weight is 423 g/mol. The van der Waals surface area contributed by atoms with Gasteiger partial charge in [0.25, 0.3) is 0 Å². The third kappa shape index (κ3) is 8.63. The number of hydrogen-bond acceptors (Lipinski definition) is 3. The maximum atomic E-state index is 10.5. The molecule has 3 heteroatoms. The molecule has 0 aliphatic carbocycles. The Morgan fingerprint density at radius 3 is 1.87 bits per heavy atom. The van der Waals surface area contributed by atoms with E-state index in [1.165, 1.54) is 25.7 Å². The van der Waals surface area contributed by atoms with Gasteiger partial charge in [-0.15, -0.1) is 13.2 Å². The van der Waals surface area contributed by atoms with Crippen LogP contribution in [0.4, 0.5) is 0 Å². The largest absolute Gasteiger partial charge is 0.507 e. The Hall–Kier alpha value is -2.52. The van der Waals surface area contributed by atoms with Crippen LogP contribution >= 0.6 is 0 Å². The lowest BCUT2D eigenvalue weighted by Gasteiger charge is -2.15. The zero-order valence-corrected chi connectivity index (χ0v) is 18.8. The Balaban J connectivity index is 1.98. The topological polar surface area (TPSA) is 49.7 Å². The Kier molecular flexibility index (Phi) is 11.6. The van der Waals surface area contributed by atoms with Gasteiger partial charge in [0.05, 0.1) is 6.61 Å². The van der Waals surface area contributed by atoms with Gasteiger partial charge in [0.2, 0.25) is 0 Å². The van der Waals surface area contributed by atoms with Gasteiger partial charge in [-0.2, -0.15) is 0 Å². The summed E-state index contributed by atoms with van der Waals surface area (Å²) in [6, 6.07) is 11.9. The normalized spacial score (nSPS) is 10.7. The van der Waals surface area contributed by atoms with Gasteiger partial charge in [0.15, 0.2) is 0 Å². The summed E-state index contributed by atoms with van der Waals surface area (Å²) in [5.74, 6) is 1.07. The lowest BCUT2D eigenvalue weighted by molar-refractivity contribution is 0.282. The monoisotopic (exact) mass is 422 g/mol. The van der Waals surface area contributed by atoms with Crippen molar-refractivity contribution in [2.24, 2.45) is 0 Å². The summed E-state index contributed by atoms with van der Waals surface area (Å²) in [7, 11) is 0. The van der Waals surface area contributed by atoms with Gasteiger partial charge in [-0.3, -0.25) is 0 Å². The molecule has 31 heavy (non-hydrogen) atoms. The maximum absolute atomic E-state index is 10.5. The van der Waals surface area contributed by atoms with Crippen LogP contribution in [0.5, 0.6) is 11.5 Å². The molecule has 168 valence electrons. The molecule has 0 saturated heterocycles. The van der Waals surface area contributed by atoms with Crippen LogP contribution in [0.25, 0.3) is 11.1 Å². The predicted octanol–water partition coefficient (Wildman–Crippen LogP) is 7.01. The molecule has 0 fully saturated rings. The molecule has 0 spiro atoms. The van der Waals surface area contributed by atoms with E-state index < -0.39 is 0 Å². The van der Waals surface area contributed by atoms with Crippen molar-refractivity contribution in [2.45, 2.75) is 64.2 Å². The SMILES string of the molecule is C=CCc1ccc(O)c(-c2cc(CC=C)ccc2OCCCCCCCCCCO)c1. The number of aliphatic hydroxyl groups excluding tert-OH is 1. The molecule has 2 aromatic carbocycles. The number of benzene rings is 2. The smallest absolute Gasteiger partial charge is 0.127 e. The van der Waals surface area contributed by atoms with E-state index in [2.05, 4.69) is 25.3 Å². The minimum atomic E-state index is 0.259. The summed E-state index contributed by atoms with van der Waals surface area (Å²) >= 11 is 0. The molecule has 2 rings (SSSR count). The van der Waals surface area contributed by atoms with Crippen LogP contribution in [0.3, 0.4) is 0 Å². The van der Waals surface area contributed by atoms with E-state index in [4.69, 9.17) is 9.84 Å². The highest BCUT2D eigenvalue weighted by Crippen LogP contribution is 2.37. The highest BCUT2D eigenvalue weighted by atomic mass is 16.5. The molecule has 0 radical (unpaired) electrons. The number of hydrogen-bond donors (Lipinski definition) is 2. The van der Waals surface area contributed by atoms with Crippen LogP contribution in [-0.2, 0) is 12.8 Å². The fourth-order valence-corrected chi connectivity index (χ4v) is 3.76. The number of unbranched alkanes of at least 4 members (excludes halogenated alkanes) is 7. The van der Waals surface area contributed by atoms with Crippen molar-refractivity contribution in [2.75, 3.05) is 13.2 Å². The van der Waals surface area contributed by atoms with Gasteiger partial charge in [-0.25, -0.2) is 0 Å². The van der Waals surface area contributed by atoms with Crippen LogP contribution in [0.1, 0.15) is 62.5 Å². The highest BCUT2D eigenvalue weighted by molar-refractivity contribution is 5.76. The Bertz CT molecular complexity index is 810. The van der Waals surface area contributed by atoms with E-state index >= 15 is 0 Å². The average Bonchev–Trinajstić information content (AvgIpc) is 2.77. The van der Waals surface area contributed by atoms with Gasteiger partial charge in [0.1, 0.15) is 11.5 Å². The lowest BCUT2D eigenvalue weighted by atomic mass is 9.97. The summed E-state index contributed by atoms with van der Waals surface area (Å²) < 4.78 is 6.15. The number of aliphatic hydroxyl groups is 1. The van der Waals surface area contributed by atoms with Crippen molar-refractivity contribution in [1.82, 2.24) is 0 Å². The van der Waals surface area contributed by atoms with Crippen molar-refractivity contribution in [1.29, 1.82) is 0 Å². The Morgan fingerprint density at radius 1 is 0.710 bits per heavy atom.